The highest BCUT2D eigenvalue weighted by atomic mass is 19.2. The van der Waals surface area contributed by atoms with Crippen molar-refractivity contribution >= 4 is 0 Å². The van der Waals surface area contributed by atoms with Crippen LogP contribution in [0.4, 0.5) is 22.0 Å². The number of hydrogen-bond acceptors (Lipinski definition) is 1. The van der Waals surface area contributed by atoms with E-state index in [-0.39, 0.29) is 6.42 Å². The van der Waals surface area contributed by atoms with Gasteiger partial charge in [-0.3, -0.25) is 0 Å². The molecule has 0 aromatic heterocycles. The molecule has 0 radical (unpaired) electrons. The maximum atomic E-state index is 13.0. The van der Waals surface area contributed by atoms with Gasteiger partial charge >= 0.3 is 0 Å². The van der Waals surface area contributed by atoms with Crippen LogP contribution in [-0.2, 0) is 0 Å². The lowest BCUT2D eigenvalue weighted by atomic mass is 10.1. The molecule has 0 spiro atoms. The van der Waals surface area contributed by atoms with E-state index in [2.05, 4.69) is 0 Å². The summed E-state index contributed by atoms with van der Waals surface area (Å²) in [7, 11) is 0. The van der Waals surface area contributed by atoms with Crippen molar-refractivity contribution in [2.24, 2.45) is 0 Å². The van der Waals surface area contributed by atoms with Crippen molar-refractivity contribution < 1.29 is 27.1 Å². The van der Waals surface area contributed by atoms with Gasteiger partial charge in [0, 0.05) is 0 Å². The first kappa shape index (κ1) is 11.9. The predicted octanol–water partition coefficient (Wildman–Crippen LogP) is 2.83. The Labute approximate surface area is 82.1 Å². The highest BCUT2D eigenvalue weighted by molar-refractivity contribution is 5.25. The highest BCUT2D eigenvalue weighted by Gasteiger charge is 2.28. The van der Waals surface area contributed by atoms with Crippen molar-refractivity contribution in [3.63, 3.8) is 0 Å². The van der Waals surface area contributed by atoms with Gasteiger partial charge in [0.15, 0.2) is 23.3 Å². The van der Waals surface area contributed by atoms with Crippen molar-refractivity contribution in [3.8, 4) is 0 Å². The molecule has 0 fully saturated rings. The Morgan fingerprint density at radius 3 is 1.53 bits per heavy atom. The molecule has 1 aromatic carbocycles. The second-order valence-electron chi connectivity index (χ2n) is 2.91. The minimum Gasteiger partial charge on any atom is -0.388 e. The third kappa shape index (κ3) is 1.81. The number of halogens is 5. The fourth-order valence-electron chi connectivity index (χ4n) is 1.12. The summed E-state index contributed by atoms with van der Waals surface area (Å²) in [6.07, 6.45) is -1.87. The number of aliphatic hydroxyl groups excluding tert-OH is 1. The Hall–Kier alpha value is -1.17. The van der Waals surface area contributed by atoms with Crippen LogP contribution in [0.2, 0.25) is 0 Å². The number of aliphatic hydroxyl groups is 1. The van der Waals surface area contributed by atoms with Crippen LogP contribution < -0.4 is 0 Å². The molecule has 1 nitrogen and oxygen atoms in total. The molecule has 0 aliphatic heterocycles. The van der Waals surface area contributed by atoms with E-state index in [0.29, 0.717) is 0 Å². The molecule has 1 unspecified atom stereocenters. The van der Waals surface area contributed by atoms with E-state index in [4.69, 9.17) is 5.11 Å². The van der Waals surface area contributed by atoms with Crippen molar-refractivity contribution in [2.45, 2.75) is 19.4 Å². The molecular weight excluding hydrogens is 219 g/mol. The molecular formula is C9H7F5O. The van der Waals surface area contributed by atoms with Gasteiger partial charge in [-0.2, -0.15) is 0 Å². The fourth-order valence-corrected chi connectivity index (χ4v) is 1.12. The molecule has 1 atom stereocenters. The first-order chi connectivity index (χ1) is 6.91. The van der Waals surface area contributed by atoms with Crippen LogP contribution in [0.15, 0.2) is 0 Å². The molecule has 0 aliphatic carbocycles. The Morgan fingerprint density at radius 1 is 0.867 bits per heavy atom. The summed E-state index contributed by atoms with van der Waals surface area (Å²) in [5.41, 5.74) is -1.19. The zero-order valence-corrected chi connectivity index (χ0v) is 7.62. The van der Waals surface area contributed by atoms with E-state index < -0.39 is 40.8 Å². The Kier molecular flexibility index (Phi) is 3.28. The summed E-state index contributed by atoms with van der Waals surface area (Å²) in [5.74, 6) is -10.3. The molecule has 0 aliphatic rings. The van der Waals surface area contributed by atoms with Gasteiger partial charge in [0.1, 0.15) is 0 Å². The summed E-state index contributed by atoms with van der Waals surface area (Å²) >= 11 is 0. The average molecular weight is 226 g/mol. The smallest absolute Gasteiger partial charge is 0.200 e. The van der Waals surface area contributed by atoms with Crippen LogP contribution in [0.3, 0.4) is 0 Å². The van der Waals surface area contributed by atoms with Gasteiger partial charge in [-0.1, -0.05) is 6.92 Å². The molecule has 6 heteroatoms. The standard InChI is InChI=1S/C9H7F5O/c1-2-3(15)4-5(10)7(12)9(14)8(13)6(4)11/h3,15H,2H2,1H3. The largest absolute Gasteiger partial charge is 0.388 e. The second-order valence-corrected chi connectivity index (χ2v) is 2.91. The van der Waals surface area contributed by atoms with E-state index in [1.807, 2.05) is 0 Å². The summed E-state index contributed by atoms with van der Waals surface area (Å²) in [6.45, 7) is 1.35. The summed E-state index contributed by atoms with van der Waals surface area (Å²) in [6, 6.07) is 0. The van der Waals surface area contributed by atoms with Gasteiger partial charge in [-0.15, -0.1) is 0 Å². The van der Waals surface area contributed by atoms with Crippen LogP contribution in [0.25, 0.3) is 0 Å². The topological polar surface area (TPSA) is 20.2 Å². The lowest BCUT2D eigenvalue weighted by molar-refractivity contribution is 0.159. The molecule has 1 N–H and O–H groups in total. The van der Waals surface area contributed by atoms with Gasteiger partial charge in [0.25, 0.3) is 0 Å². The fraction of sp³-hybridized carbons (Fsp3) is 0.333. The molecule has 0 saturated heterocycles. The third-order valence-electron chi connectivity index (χ3n) is 1.96. The molecule has 0 heterocycles. The lowest BCUT2D eigenvalue weighted by Crippen LogP contribution is -2.10. The molecule has 15 heavy (non-hydrogen) atoms. The maximum absolute atomic E-state index is 13.0. The summed E-state index contributed by atoms with van der Waals surface area (Å²) in [4.78, 5) is 0. The zero-order chi connectivity index (χ0) is 11.7. The van der Waals surface area contributed by atoms with Crippen LogP contribution >= 0.6 is 0 Å². The minimum absolute atomic E-state index is 0.154. The van der Waals surface area contributed by atoms with Crippen molar-refractivity contribution in [3.05, 3.63) is 34.6 Å². The number of hydrogen-bond donors (Lipinski definition) is 1. The highest BCUT2D eigenvalue weighted by Crippen LogP contribution is 2.28. The third-order valence-corrected chi connectivity index (χ3v) is 1.96. The molecule has 1 rings (SSSR count). The molecule has 1 aromatic rings. The second kappa shape index (κ2) is 4.14. The van der Waals surface area contributed by atoms with Gasteiger partial charge in [-0.05, 0) is 6.42 Å². The van der Waals surface area contributed by atoms with Crippen molar-refractivity contribution in [2.75, 3.05) is 0 Å². The van der Waals surface area contributed by atoms with Gasteiger partial charge in [0.05, 0.1) is 11.7 Å². The quantitative estimate of drug-likeness (QED) is 0.467. The first-order valence-electron chi connectivity index (χ1n) is 4.11. The van der Waals surface area contributed by atoms with Gasteiger partial charge in [-0.25, -0.2) is 22.0 Å². The SMILES string of the molecule is CCC(O)c1c(F)c(F)c(F)c(F)c1F. The predicted molar refractivity (Wildman–Crippen MR) is 41.5 cm³/mol. The Bertz CT molecular complexity index is 362. The van der Waals surface area contributed by atoms with E-state index in [9.17, 15) is 22.0 Å². The zero-order valence-electron chi connectivity index (χ0n) is 7.62. The van der Waals surface area contributed by atoms with Crippen LogP contribution in [0.5, 0.6) is 0 Å². The lowest BCUT2D eigenvalue weighted by Gasteiger charge is -2.12. The maximum Gasteiger partial charge on any atom is 0.200 e. The molecule has 84 valence electrons. The van der Waals surface area contributed by atoms with E-state index in [1.165, 1.54) is 6.92 Å². The molecule has 0 bridgehead atoms. The van der Waals surface area contributed by atoms with Crippen molar-refractivity contribution in [1.82, 2.24) is 0 Å². The normalized spacial score (nSPS) is 13.0. The van der Waals surface area contributed by atoms with Crippen LogP contribution in [0.1, 0.15) is 25.0 Å². The van der Waals surface area contributed by atoms with E-state index in [1.54, 1.807) is 0 Å². The van der Waals surface area contributed by atoms with Gasteiger partial charge < -0.3 is 5.11 Å². The first-order valence-corrected chi connectivity index (χ1v) is 4.11. The number of rotatable bonds is 2. The van der Waals surface area contributed by atoms with Gasteiger partial charge in [0.2, 0.25) is 5.82 Å². The molecule has 0 saturated carbocycles. The summed E-state index contributed by atoms with van der Waals surface area (Å²) < 4.78 is 63.7. The summed E-state index contributed by atoms with van der Waals surface area (Å²) in [5, 5.41) is 9.09. The van der Waals surface area contributed by atoms with E-state index >= 15 is 0 Å². The average Bonchev–Trinajstić information content (AvgIpc) is 2.23. The Morgan fingerprint density at radius 2 is 1.20 bits per heavy atom. The van der Waals surface area contributed by atoms with Crippen LogP contribution in [0, 0.1) is 29.1 Å². The van der Waals surface area contributed by atoms with Crippen LogP contribution in [-0.4, -0.2) is 5.11 Å². The number of benzene rings is 1. The van der Waals surface area contributed by atoms with E-state index in [0.717, 1.165) is 0 Å². The minimum atomic E-state index is -2.22. The molecule has 0 amide bonds. The monoisotopic (exact) mass is 226 g/mol. The van der Waals surface area contributed by atoms with Crippen molar-refractivity contribution in [1.29, 1.82) is 0 Å². The Balaban J connectivity index is 3.52.